The number of rotatable bonds is 4. The molecule has 2 N–H and O–H groups in total. The lowest BCUT2D eigenvalue weighted by Crippen LogP contribution is -2.37. The van der Waals surface area contributed by atoms with Crippen molar-refractivity contribution in [3.63, 3.8) is 0 Å². The standard InChI is InChI=1S/C22H25FN2O2S/c23-15-12-10-14(11-13-15)20(26)25-22-19(17-8-4-5-9-18(17)28-22)21(27)24-16-6-2-1-3-7-16/h10-13,16H,1-9H2,(H,24,27)(H,25,26). The molecule has 1 fully saturated rings. The van der Waals surface area contributed by atoms with E-state index in [2.05, 4.69) is 10.6 Å². The third kappa shape index (κ3) is 4.12. The number of hydrogen-bond donors (Lipinski definition) is 2. The summed E-state index contributed by atoms with van der Waals surface area (Å²) in [4.78, 5) is 27.0. The lowest BCUT2D eigenvalue weighted by molar-refractivity contribution is 0.0928. The normalized spacial score (nSPS) is 17.0. The van der Waals surface area contributed by atoms with Crippen LogP contribution >= 0.6 is 11.3 Å². The van der Waals surface area contributed by atoms with Crippen molar-refractivity contribution in [2.24, 2.45) is 0 Å². The lowest BCUT2D eigenvalue weighted by atomic mass is 9.93. The van der Waals surface area contributed by atoms with Gasteiger partial charge in [-0.2, -0.15) is 0 Å². The summed E-state index contributed by atoms with van der Waals surface area (Å²) in [7, 11) is 0. The zero-order chi connectivity index (χ0) is 19.5. The highest BCUT2D eigenvalue weighted by atomic mass is 32.1. The van der Waals surface area contributed by atoms with Gasteiger partial charge in [0.25, 0.3) is 11.8 Å². The van der Waals surface area contributed by atoms with Crippen LogP contribution in [0.15, 0.2) is 24.3 Å². The molecule has 2 aromatic rings. The minimum atomic E-state index is -0.379. The molecule has 2 aliphatic carbocycles. The van der Waals surface area contributed by atoms with E-state index in [1.807, 2.05) is 0 Å². The van der Waals surface area contributed by atoms with E-state index >= 15 is 0 Å². The molecular formula is C22H25FN2O2S. The summed E-state index contributed by atoms with van der Waals surface area (Å²) in [5, 5.41) is 6.74. The molecule has 0 atom stereocenters. The van der Waals surface area contributed by atoms with Gasteiger partial charge in [0.05, 0.1) is 5.56 Å². The van der Waals surface area contributed by atoms with Crippen molar-refractivity contribution in [3.8, 4) is 0 Å². The molecule has 28 heavy (non-hydrogen) atoms. The number of carbonyl (C=O) groups excluding carboxylic acids is 2. The van der Waals surface area contributed by atoms with Crippen LogP contribution in [0.1, 0.15) is 76.1 Å². The first kappa shape index (κ1) is 19.1. The summed E-state index contributed by atoms with van der Waals surface area (Å²) in [5.74, 6) is -0.762. The fourth-order valence-corrected chi connectivity index (χ4v) is 5.46. The number of nitrogens with one attached hydrogen (secondary N) is 2. The summed E-state index contributed by atoms with van der Waals surface area (Å²) in [6, 6.07) is 5.68. The van der Waals surface area contributed by atoms with Crippen molar-refractivity contribution in [1.82, 2.24) is 5.32 Å². The van der Waals surface area contributed by atoms with E-state index in [4.69, 9.17) is 0 Å². The molecule has 2 aliphatic rings. The van der Waals surface area contributed by atoms with Crippen LogP contribution in [-0.4, -0.2) is 17.9 Å². The zero-order valence-corrected chi connectivity index (χ0v) is 16.7. The molecule has 148 valence electrons. The predicted molar refractivity (Wildman–Crippen MR) is 110 cm³/mol. The van der Waals surface area contributed by atoms with Crippen LogP contribution in [0.5, 0.6) is 0 Å². The van der Waals surface area contributed by atoms with Gasteiger partial charge in [-0.25, -0.2) is 4.39 Å². The Bertz CT molecular complexity index is 869. The third-order valence-electron chi connectivity index (χ3n) is 5.67. The van der Waals surface area contributed by atoms with Gasteiger partial charge < -0.3 is 10.6 Å². The first-order valence-corrected chi connectivity index (χ1v) is 11.0. The Balaban J connectivity index is 1.59. The molecule has 1 aromatic heterocycles. The van der Waals surface area contributed by atoms with E-state index in [0.717, 1.165) is 56.9 Å². The topological polar surface area (TPSA) is 58.2 Å². The van der Waals surface area contributed by atoms with Crippen LogP contribution in [0.4, 0.5) is 9.39 Å². The SMILES string of the molecule is O=C(Nc1sc2c(c1C(=O)NC1CCCCC1)CCCC2)c1ccc(F)cc1. The van der Waals surface area contributed by atoms with Gasteiger partial charge >= 0.3 is 0 Å². The molecule has 4 nitrogen and oxygen atoms in total. The molecule has 1 aromatic carbocycles. The Kier molecular flexibility index (Phi) is 5.76. The number of halogens is 1. The summed E-state index contributed by atoms with van der Waals surface area (Å²) in [6.45, 7) is 0. The Morgan fingerprint density at radius 3 is 2.39 bits per heavy atom. The van der Waals surface area contributed by atoms with Crippen LogP contribution in [0.2, 0.25) is 0 Å². The molecule has 0 radical (unpaired) electrons. The second kappa shape index (κ2) is 8.43. The number of fused-ring (bicyclic) bond motifs is 1. The minimum absolute atomic E-state index is 0.0688. The third-order valence-corrected chi connectivity index (χ3v) is 6.88. The van der Waals surface area contributed by atoms with Crippen molar-refractivity contribution in [1.29, 1.82) is 0 Å². The maximum absolute atomic E-state index is 13.1. The summed E-state index contributed by atoms with van der Waals surface area (Å²) < 4.78 is 13.1. The van der Waals surface area contributed by atoms with Gasteiger partial charge in [0.15, 0.2) is 0 Å². The largest absolute Gasteiger partial charge is 0.349 e. The van der Waals surface area contributed by atoms with Crippen molar-refractivity contribution >= 4 is 28.2 Å². The maximum atomic E-state index is 13.1. The molecular weight excluding hydrogens is 375 g/mol. The van der Waals surface area contributed by atoms with Crippen molar-refractivity contribution in [2.45, 2.75) is 63.8 Å². The Morgan fingerprint density at radius 2 is 1.64 bits per heavy atom. The molecule has 1 saturated carbocycles. The van der Waals surface area contributed by atoms with E-state index < -0.39 is 0 Å². The van der Waals surface area contributed by atoms with Crippen molar-refractivity contribution in [3.05, 3.63) is 51.7 Å². The lowest BCUT2D eigenvalue weighted by Gasteiger charge is -2.23. The molecule has 0 unspecified atom stereocenters. The second-order valence-electron chi connectivity index (χ2n) is 7.68. The Hall–Kier alpha value is -2.21. The maximum Gasteiger partial charge on any atom is 0.256 e. The Labute approximate surface area is 168 Å². The van der Waals surface area contributed by atoms with Gasteiger partial charge in [0, 0.05) is 16.5 Å². The average Bonchev–Trinajstić information content (AvgIpc) is 3.07. The monoisotopic (exact) mass is 400 g/mol. The molecule has 6 heteroatoms. The fraction of sp³-hybridized carbons (Fsp3) is 0.455. The van der Waals surface area contributed by atoms with Crippen LogP contribution in [0, 0.1) is 5.82 Å². The fourth-order valence-electron chi connectivity index (χ4n) is 4.18. The van der Waals surface area contributed by atoms with E-state index in [1.54, 1.807) is 0 Å². The molecule has 0 saturated heterocycles. The number of hydrogen-bond acceptors (Lipinski definition) is 3. The van der Waals surface area contributed by atoms with Gasteiger partial charge in [0.2, 0.25) is 0 Å². The minimum Gasteiger partial charge on any atom is -0.349 e. The van der Waals surface area contributed by atoms with Crippen molar-refractivity contribution in [2.75, 3.05) is 5.32 Å². The molecule has 0 bridgehead atoms. The van der Waals surface area contributed by atoms with E-state index in [-0.39, 0.29) is 23.7 Å². The van der Waals surface area contributed by atoms with Crippen LogP contribution in [0.25, 0.3) is 0 Å². The average molecular weight is 401 g/mol. The Morgan fingerprint density at radius 1 is 0.929 bits per heavy atom. The highest BCUT2D eigenvalue weighted by Crippen LogP contribution is 2.38. The van der Waals surface area contributed by atoms with E-state index in [1.165, 1.54) is 46.9 Å². The van der Waals surface area contributed by atoms with E-state index in [0.29, 0.717) is 16.1 Å². The summed E-state index contributed by atoms with van der Waals surface area (Å²) in [6.07, 6.45) is 9.61. The van der Waals surface area contributed by atoms with Crippen molar-refractivity contribution < 1.29 is 14.0 Å². The molecule has 4 rings (SSSR count). The van der Waals surface area contributed by atoms with Gasteiger partial charge in [-0.1, -0.05) is 19.3 Å². The molecule has 0 spiro atoms. The highest BCUT2D eigenvalue weighted by molar-refractivity contribution is 7.17. The van der Waals surface area contributed by atoms with Crippen LogP contribution in [-0.2, 0) is 12.8 Å². The van der Waals surface area contributed by atoms with Crippen LogP contribution in [0.3, 0.4) is 0 Å². The van der Waals surface area contributed by atoms with Gasteiger partial charge in [-0.15, -0.1) is 11.3 Å². The van der Waals surface area contributed by atoms with E-state index in [9.17, 15) is 14.0 Å². The first-order chi connectivity index (χ1) is 13.6. The number of carbonyl (C=O) groups is 2. The number of anilines is 1. The zero-order valence-electron chi connectivity index (χ0n) is 15.9. The quantitative estimate of drug-likeness (QED) is 0.752. The summed E-state index contributed by atoms with van der Waals surface area (Å²) in [5.41, 5.74) is 2.12. The number of aryl methyl sites for hydroxylation is 1. The highest BCUT2D eigenvalue weighted by Gasteiger charge is 2.28. The molecule has 0 aliphatic heterocycles. The smallest absolute Gasteiger partial charge is 0.256 e. The summed E-state index contributed by atoms with van der Waals surface area (Å²) >= 11 is 1.51. The molecule has 1 heterocycles. The second-order valence-corrected chi connectivity index (χ2v) is 8.79. The predicted octanol–water partition coefficient (Wildman–Crippen LogP) is 5.08. The molecule has 2 amide bonds. The van der Waals surface area contributed by atoms with Crippen LogP contribution < -0.4 is 10.6 Å². The number of thiophene rings is 1. The van der Waals surface area contributed by atoms with Gasteiger partial charge in [-0.3, -0.25) is 9.59 Å². The first-order valence-electron chi connectivity index (χ1n) is 10.1. The number of benzene rings is 1. The number of amides is 2. The van der Waals surface area contributed by atoms with Gasteiger partial charge in [-0.05, 0) is 68.4 Å². The van der Waals surface area contributed by atoms with Gasteiger partial charge in [0.1, 0.15) is 10.8 Å².